The molecule has 0 heterocycles. The number of hydrogen-bond acceptors (Lipinski definition) is 2. The lowest BCUT2D eigenvalue weighted by Gasteiger charge is -2.02. The number of nitrogens with two attached hydrogens (primary N) is 1. The van der Waals surface area contributed by atoms with Crippen LogP contribution in [0.25, 0.3) is 0 Å². The molecule has 1 aromatic carbocycles. The molecule has 0 amide bonds. The predicted octanol–water partition coefficient (Wildman–Crippen LogP) is 1.14. The molecule has 3 N–H and O–H groups in total. The molecule has 0 aliphatic heterocycles. The van der Waals surface area contributed by atoms with Gasteiger partial charge in [0.05, 0.1) is 0 Å². The molecular weight excluding hydrogens is 155 g/mol. The summed E-state index contributed by atoms with van der Waals surface area (Å²) in [7, 11) is 0. The van der Waals surface area contributed by atoms with Crippen LogP contribution < -0.4 is 11.3 Å². The number of aryl methyl sites for hydroxylation is 1. The van der Waals surface area contributed by atoms with E-state index in [0.717, 1.165) is 12.0 Å². The third-order valence-electron chi connectivity index (χ3n) is 1.79. The van der Waals surface area contributed by atoms with Gasteiger partial charge >= 0.3 is 0 Å². The first-order valence-electron chi connectivity index (χ1n) is 3.92. The van der Waals surface area contributed by atoms with Gasteiger partial charge in [-0.3, -0.25) is 11.3 Å². The van der Waals surface area contributed by atoms with Crippen LogP contribution in [0.4, 0.5) is 4.39 Å². The Labute approximate surface area is 71.6 Å². The molecule has 3 heteroatoms. The fourth-order valence-electron chi connectivity index (χ4n) is 1.01. The van der Waals surface area contributed by atoms with Gasteiger partial charge in [0.2, 0.25) is 0 Å². The average molecular weight is 168 g/mol. The molecule has 0 aliphatic carbocycles. The molecule has 1 rings (SSSR count). The Hall–Kier alpha value is -0.930. The fraction of sp³-hybridized carbons (Fsp3) is 0.333. The maximum absolute atomic E-state index is 13.0. The third kappa shape index (κ3) is 2.29. The van der Waals surface area contributed by atoms with Crippen LogP contribution in [0, 0.1) is 12.7 Å². The van der Waals surface area contributed by atoms with Gasteiger partial charge in [-0.15, -0.1) is 0 Å². The fourth-order valence-corrected chi connectivity index (χ4v) is 1.01. The number of halogens is 1. The molecule has 0 atom stereocenters. The highest BCUT2D eigenvalue weighted by Gasteiger charge is 1.98. The second-order valence-corrected chi connectivity index (χ2v) is 2.79. The first kappa shape index (κ1) is 9.16. The van der Waals surface area contributed by atoms with Crippen LogP contribution in [-0.4, -0.2) is 6.54 Å². The monoisotopic (exact) mass is 168 g/mol. The summed E-state index contributed by atoms with van der Waals surface area (Å²) in [6.07, 6.45) is 0.758. The lowest BCUT2D eigenvalue weighted by molar-refractivity contribution is 0.614. The van der Waals surface area contributed by atoms with Crippen molar-refractivity contribution in [2.45, 2.75) is 13.3 Å². The standard InChI is InChI=1S/C9H13FN2/c1-7-2-3-8(4-5-12-11)6-9(7)10/h2-3,6,12H,4-5,11H2,1H3. The molecule has 0 radical (unpaired) electrons. The Morgan fingerprint density at radius 2 is 2.25 bits per heavy atom. The zero-order valence-electron chi connectivity index (χ0n) is 7.10. The van der Waals surface area contributed by atoms with Crippen molar-refractivity contribution in [2.24, 2.45) is 5.84 Å². The van der Waals surface area contributed by atoms with E-state index >= 15 is 0 Å². The highest BCUT2D eigenvalue weighted by Crippen LogP contribution is 2.08. The predicted molar refractivity (Wildman–Crippen MR) is 47.0 cm³/mol. The van der Waals surface area contributed by atoms with E-state index in [-0.39, 0.29) is 5.82 Å². The van der Waals surface area contributed by atoms with Crippen LogP contribution in [0.3, 0.4) is 0 Å². The van der Waals surface area contributed by atoms with Crippen molar-refractivity contribution in [2.75, 3.05) is 6.54 Å². The van der Waals surface area contributed by atoms with E-state index in [2.05, 4.69) is 5.43 Å². The van der Waals surface area contributed by atoms with Gasteiger partial charge in [0.15, 0.2) is 0 Å². The van der Waals surface area contributed by atoms with Crippen molar-refractivity contribution in [1.29, 1.82) is 0 Å². The maximum Gasteiger partial charge on any atom is 0.126 e. The molecule has 1 aromatic rings. The Morgan fingerprint density at radius 1 is 1.50 bits per heavy atom. The van der Waals surface area contributed by atoms with Crippen LogP contribution in [0.5, 0.6) is 0 Å². The van der Waals surface area contributed by atoms with Gasteiger partial charge in [0.25, 0.3) is 0 Å². The first-order chi connectivity index (χ1) is 5.74. The van der Waals surface area contributed by atoms with Gasteiger partial charge in [-0.2, -0.15) is 0 Å². The van der Waals surface area contributed by atoms with E-state index in [1.54, 1.807) is 19.1 Å². The summed E-state index contributed by atoms with van der Waals surface area (Å²) in [6.45, 7) is 2.42. The van der Waals surface area contributed by atoms with Crippen LogP contribution in [0.2, 0.25) is 0 Å². The second kappa shape index (κ2) is 4.18. The van der Waals surface area contributed by atoms with Crippen LogP contribution >= 0.6 is 0 Å². The highest BCUT2D eigenvalue weighted by atomic mass is 19.1. The summed E-state index contributed by atoms with van der Waals surface area (Å²) < 4.78 is 13.0. The Kier molecular flexibility index (Phi) is 3.19. The summed E-state index contributed by atoms with van der Waals surface area (Å²) in [5, 5.41) is 0. The summed E-state index contributed by atoms with van der Waals surface area (Å²) in [5.41, 5.74) is 4.18. The molecule has 66 valence electrons. The van der Waals surface area contributed by atoms with Gasteiger partial charge in [-0.25, -0.2) is 4.39 Å². The molecule has 0 saturated carbocycles. The van der Waals surface area contributed by atoms with Crippen LogP contribution in [0.1, 0.15) is 11.1 Å². The lowest BCUT2D eigenvalue weighted by atomic mass is 10.1. The van der Waals surface area contributed by atoms with Gasteiger partial charge in [0, 0.05) is 6.54 Å². The number of nitrogens with one attached hydrogen (secondary N) is 1. The number of rotatable bonds is 3. The van der Waals surface area contributed by atoms with Gasteiger partial charge in [0.1, 0.15) is 5.82 Å². The van der Waals surface area contributed by atoms with Crippen molar-refractivity contribution in [3.63, 3.8) is 0 Å². The molecule has 0 fully saturated rings. The van der Waals surface area contributed by atoms with Crippen molar-refractivity contribution in [3.05, 3.63) is 35.1 Å². The lowest BCUT2D eigenvalue weighted by Crippen LogP contribution is -2.24. The topological polar surface area (TPSA) is 38.0 Å². The van der Waals surface area contributed by atoms with E-state index in [1.165, 1.54) is 0 Å². The van der Waals surface area contributed by atoms with E-state index in [1.807, 2.05) is 6.07 Å². The molecular formula is C9H13FN2. The first-order valence-corrected chi connectivity index (χ1v) is 3.92. The molecule has 0 aromatic heterocycles. The smallest absolute Gasteiger partial charge is 0.126 e. The van der Waals surface area contributed by atoms with Crippen molar-refractivity contribution in [1.82, 2.24) is 5.43 Å². The van der Waals surface area contributed by atoms with E-state index < -0.39 is 0 Å². The van der Waals surface area contributed by atoms with Gasteiger partial charge in [-0.05, 0) is 30.5 Å². The van der Waals surface area contributed by atoms with Crippen molar-refractivity contribution < 1.29 is 4.39 Å². The zero-order chi connectivity index (χ0) is 8.97. The third-order valence-corrected chi connectivity index (χ3v) is 1.79. The number of hydrogen-bond donors (Lipinski definition) is 2. The summed E-state index contributed by atoms with van der Waals surface area (Å²) in [6, 6.07) is 5.24. The largest absolute Gasteiger partial charge is 0.271 e. The van der Waals surface area contributed by atoms with Crippen LogP contribution in [-0.2, 0) is 6.42 Å². The highest BCUT2D eigenvalue weighted by molar-refractivity contribution is 5.23. The molecule has 0 unspecified atom stereocenters. The summed E-state index contributed by atoms with van der Waals surface area (Å²) in [5.74, 6) is 4.95. The maximum atomic E-state index is 13.0. The van der Waals surface area contributed by atoms with Gasteiger partial charge < -0.3 is 0 Å². The second-order valence-electron chi connectivity index (χ2n) is 2.79. The van der Waals surface area contributed by atoms with Crippen molar-refractivity contribution >= 4 is 0 Å². The molecule has 0 aliphatic rings. The quantitative estimate of drug-likeness (QED) is 0.524. The molecule has 2 nitrogen and oxygen atoms in total. The Balaban J connectivity index is 2.69. The Bertz CT molecular complexity index is 261. The van der Waals surface area contributed by atoms with E-state index in [9.17, 15) is 4.39 Å². The van der Waals surface area contributed by atoms with Crippen LogP contribution in [0.15, 0.2) is 18.2 Å². The molecule has 12 heavy (non-hydrogen) atoms. The molecule has 0 saturated heterocycles. The number of hydrazine groups is 1. The van der Waals surface area contributed by atoms with Gasteiger partial charge in [-0.1, -0.05) is 12.1 Å². The molecule has 0 spiro atoms. The zero-order valence-corrected chi connectivity index (χ0v) is 7.10. The van der Waals surface area contributed by atoms with Crippen molar-refractivity contribution in [3.8, 4) is 0 Å². The normalized spacial score (nSPS) is 10.2. The SMILES string of the molecule is Cc1ccc(CCNN)cc1F. The molecule has 0 bridgehead atoms. The average Bonchev–Trinajstić information content (AvgIpc) is 2.07. The minimum absolute atomic E-state index is 0.149. The number of benzene rings is 1. The summed E-state index contributed by atoms with van der Waals surface area (Å²) >= 11 is 0. The van der Waals surface area contributed by atoms with E-state index in [4.69, 9.17) is 5.84 Å². The minimum atomic E-state index is -0.149. The van der Waals surface area contributed by atoms with E-state index in [0.29, 0.717) is 12.1 Å². The minimum Gasteiger partial charge on any atom is -0.271 e. The summed E-state index contributed by atoms with van der Waals surface area (Å²) in [4.78, 5) is 0. The Morgan fingerprint density at radius 3 is 2.83 bits per heavy atom.